The van der Waals surface area contributed by atoms with Crippen LogP contribution in [0.4, 0.5) is 0 Å². The minimum absolute atomic E-state index is 0.827. The second-order valence-electron chi connectivity index (χ2n) is 3.22. The van der Waals surface area contributed by atoms with Gasteiger partial charge in [0.2, 0.25) is 0 Å². The van der Waals surface area contributed by atoms with E-state index in [1.807, 2.05) is 12.3 Å². The van der Waals surface area contributed by atoms with Crippen LogP contribution in [-0.2, 0) is 6.42 Å². The lowest BCUT2D eigenvalue weighted by Gasteiger charge is -2.26. The lowest BCUT2D eigenvalue weighted by molar-refractivity contribution is 0.346. The first-order chi connectivity index (χ1) is 5.84. The van der Waals surface area contributed by atoms with Crippen LogP contribution in [0.15, 0.2) is 22.9 Å². The van der Waals surface area contributed by atoms with Gasteiger partial charge in [0.25, 0.3) is 0 Å². The molecule has 0 aromatic carbocycles. The van der Waals surface area contributed by atoms with Crippen molar-refractivity contribution >= 4 is 15.9 Å². The van der Waals surface area contributed by atoms with Gasteiger partial charge in [-0.25, -0.2) is 4.98 Å². The number of rotatable bonds is 2. The van der Waals surface area contributed by atoms with Crippen LogP contribution < -0.4 is 5.32 Å². The molecule has 1 aliphatic rings. The number of nitrogens with zero attached hydrogens (tertiary/aromatic N) is 1. The Morgan fingerprint density at radius 2 is 2.33 bits per heavy atom. The van der Waals surface area contributed by atoms with Gasteiger partial charge in [-0.1, -0.05) is 6.07 Å². The van der Waals surface area contributed by atoms with Gasteiger partial charge in [-0.3, -0.25) is 0 Å². The molecule has 0 atom stereocenters. The molecule has 64 valence electrons. The van der Waals surface area contributed by atoms with Crippen molar-refractivity contribution in [3.05, 3.63) is 28.5 Å². The molecule has 1 aliphatic heterocycles. The maximum Gasteiger partial charge on any atom is 0.106 e. The molecular weight excluding hydrogens is 216 g/mol. The molecule has 2 nitrogen and oxygen atoms in total. The third-order valence-corrected chi connectivity index (χ3v) is 2.65. The molecule has 0 saturated carbocycles. The van der Waals surface area contributed by atoms with E-state index in [9.17, 15) is 0 Å². The Kier molecular flexibility index (Phi) is 2.42. The highest BCUT2D eigenvalue weighted by Gasteiger charge is 2.16. The Bertz CT molecular complexity index is 254. The fourth-order valence-electron chi connectivity index (χ4n) is 1.35. The first kappa shape index (κ1) is 8.20. The van der Waals surface area contributed by atoms with Crippen molar-refractivity contribution in [3.8, 4) is 0 Å². The van der Waals surface area contributed by atoms with Crippen LogP contribution in [0.2, 0.25) is 0 Å². The highest BCUT2D eigenvalue weighted by Crippen LogP contribution is 2.13. The Labute approximate surface area is 80.5 Å². The second-order valence-corrected chi connectivity index (χ2v) is 4.03. The van der Waals surface area contributed by atoms with E-state index in [1.165, 1.54) is 5.56 Å². The maximum atomic E-state index is 4.19. The molecule has 1 saturated heterocycles. The third-order valence-electron chi connectivity index (χ3n) is 2.18. The average Bonchev–Trinajstić information content (AvgIpc) is 2.00. The van der Waals surface area contributed by atoms with Crippen molar-refractivity contribution in [2.45, 2.75) is 6.42 Å². The SMILES string of the molecule is Brc1ccc(CC2CNC2)cn1. The van der Waals surface area contributed by atoms with Crippen molar-refractivity contribution in [2.24, 2.45) is 5.92 Å². The zero-order valence-electron chi connectivity index (χ0n) is 6.76. The highest BCUT2D eigenvalue weighted by atomic mass is 79.9. The van der Waals surface area contributed by atoms with E-state index in [0.29, 0.717) is 0 Å². The Hall–Kier alpha value is -0.410. The van der Waals surface area contributed by atoms with Gasteiger partial charge in [0.05, 0.1) is 0 Å². The van der Waals surface area contributed by atoms with Crippen molar-refractivity contribution in [2.75, 3.05) is 13.1 Å². The lowest BCUT2D eigenvalue weighted by atomic mass is 9.95. The molecular formula is C9H11BrN2. The van der Waals surface area contributed by atoms with E-state index in [2.05, 4.69) is 32.3 Å². The molecule has 1 aromatic rings. The van der Waals surface area contributed by atoms with Crippen LogP contribution >= 0.6 is 15.9 Å². The summed E-state index contributed by atoms with van der Waals surface area (Å²) in [5.74, 6) is 0.827. The van der Waals surface area contributed by atoms with E-state index in [0.717, 1.165) is 30.0 Å². The number of hydrogen-bond acceptors (Lipinski definition) is 2. The van der Waals surface area contributed by atoms with Crippen LogP contribution in [0, 0.1) is 5.92 Å². The molecule has 1 N–H and O–H groups in total. The topological polar surface area (TPSA) is 24.9 Å². The zero-order valence-corrected chi connectivity index (χ0v) is 8.34. The second kappa shape index (κ2) is 3.54. The van der Waals surface area contributed by atoms with Gasteiger partial charge in [0.1, 0.15) is 4.60 Å². The predicted octanol–water partition coefficient (Wildman–Crippen LogP) is 1.61. The number of hydrogen-bond donors (Lipinski definition) is 1. The Morgan fingerprint density at radius 1 is 1.50 bits per heavy atom. The highest BCUT2D eigenvalue weighted by molar-refractivity contribution is 9.10. The lowest BCUT2D eigenvalue weighted by Crippen LogP contribution is -2.43. The van der Waals surface area contributed by atoms with Crippen LogP contribution in [0.1, 0.15) is 5.56 Å². The molecule has 0 unspecified atom stereocenters. The standard InChI is InChI=1S/C9H11BrN2/c10-9-2-1-7(6-12-9)3-8-4-11-5-8/h1-2,6,8,11H,3-5H2. The summed E-state index contributed by atoms with van der Waals surface area (Å²) < 4.78 is 0.915. The van der Waals surface area contributed by atoms with Crippen LogP contribution in [0.25, 0.3) is 0 Å². The third kappa shape index (κ3) is 1.84. The van der Waals surface area contributed by atoms with Gasteiger partial charge >= 0.3 is 0 Å². The first-order valence-electron chi connectivity index (χ1n) is 4.16. The minimum Gasteiger partial charge on any atom is -0.316 e. The van der Waals surface area contributed by atoms with E-state index < -0.39 is 0 Å². The van der Waals surface area contributed by atoms with Gasteiger partial charge in [-0.05, 0) is 53.0 Å². The normalized spacial score (nSPS) is 17.4. The molecule has 0 spiro atoms. The molecule has 3 heteroatoms. The Balaban J connectivity index is 1.98. The summed E-state index contributed by atoms with van der Waals surface area (Å²) >= 11 is 3.32. The summed E-state index contributed by atoms with van der Waals surface area (Å²) in [6.07, 6.45) is 3.11. The van der Waals surface area contributed by atoms with Gasteiger partial charge in [0, 0.05) is 6.20 Å². The minimum atomic E-state index is 0.827. The zero-order chi connectivity index (χ0) is 8.39. The van der Waals surface area contributed by atoms with Crippen LogP contribution in [0.5, 0.6) is 0 Å². The van der Waals surface area contributed by atoms with Crippen molar-refractivity contribution < 1.29 is 0 Å². The Morgan fingerprint density at radius 3 is 2.83 bits per heavy atom. The molecule has 1 aromatic heterocycles. The predicted molar refractivity (Wildman–Crippen MR) is 52.0 cm³/mol. The van der Waals surface area contributed by atoms with Gasteiger partial charge in [0.15, 0.2) is 0 Å². The molecule has 2 rings (SSSR count). The first-order valence-corrected chi connectivity index (χ1v) is 4.95. The fourth-order valence-corrected chi connectivity index (χ4v) is 1.59. The van der Waals surface area contributed by atoms with E-state index in [-0.39, 0.29) is 0 Å². The molecule has 1 fully saturated rings. The molecule has 12 heavy (non-hydrogen) atoms. The van der Waals surface area contributed by atoms with Gasteiger partial charge < -0.3 is 5.32 Å². The average molecular weight is 227 g/mol. The summed E-state index contributed by atoms with van der Waals surface area (Å²) in [7, 11) is 0. The quantitative estimate of drug-likeness (QED) is 0.776. The summed E-state index contributed by atoms with van der Waals surface area (Å²) in [5, 5.41) is 3.26. The molecule has 2 heterocycles. The van der Waals surface area contributed by atoms with Crippen molar-refractivity contribution in [3.63, 3.8) is 0 Å². The smallest absolute Gasteiger partial charge is 0.106 e. The number of nitrogens with one attached hydrogen (secondary N) is 1. The molecule has 0 aliphatic carbocycles. The molecule has 0 amide bonds. The number of pyridine rings is 1. The van der Waals surface area contributed by atoms with E-state index >= 15 is 0 Å². The van der Waals surface area contributed by atoms with Gasteiger partial charge in [-0.2, -0.15) is 0 Å². The fraction of sp³-hybridized carbons (Fsp3) is 0.444. The van der Waals surface area contributed by atoms with E-state index in [4.69, 9.17) is 0 Å². The van der Waals surface area contributed by atoms with Crippen molar-refractivity contribution in [1.29, 1.82) is 0 Å². The molecule has 0 bridgehead atoms. The monoisotopic (exact) mass is 226 g/mol. The van der Waals surface area contributed by atoms with Crippen LogP contribution in [0.3, 0.4) is 0 Å². The summed E-state index contributed by atoms with van der Waals surface area (Å²) in [4.78, 5) is 4.19. The molecule has 0 radical (unpaired) electrons. The largest absolute Gasteiger partial charge is 0.316 e. The van der Waals surface area contributed by atoms with Crippen LogP contribution in [-0.4, -0.2) is 18.1 Å². The summed E-state index contributed by atoms with van der Waals surface area (Å²) in [6.45, 7) is 2.33. The van der Waals surface area contributed by atoms with Crippen molar-refractivity contribution in [1.82, 2.24) is 10.3 Å². The number of aromatic nitrogens is 1. The summed E-state index contributed by atoms with van der Waals surface area (Å²) in [5.41, 5.74) is 1.34. The number of halogens is 1. The van der Waals surface area contributed by atoms with E-state index in [1.54, 1.807) is 0 Å². The van der Waals surface area contributed by atoms with Gasteiger partial charge in [-0.15, -0.1) is 0 Å². The summed E-state index contributed by atoms with van der Waals surface area (Å²) in [6, 6.07) is 4.14. The maximum absolute atomic E-state index is 4.19.